The molecule has 0 amide bonds. The molecule has 0 aromatic heterocycles. The van der Waals surface area contributed by atoms with Crippen molar-refractivity contribution in [3.63, 3.8) is 0 Å². The summed E-state index contributed by atoms with van der Waals surface area (Å²) in [5, 5.41) is 0. The molecule has 2 atom stereocenters. The van der Waals surface area contributed by atoms with Gasteiger partial charge in [-0.05, 0) is 44.4 Å². The molecule has 1 aliphatic carbocycles. The van der Waals surface area contributed by atoms with Crippen molar-refractivity contribution < 1.29 is 0 Å². The van der Waals surface area contributed by atoms with E-state index in [1.165, 1.54) is 50.2 Å². The minimum absolute atomic E-state index is 0.732. The first-order valence-corrected chi connectivity index (χ1v) is 8.24. The summed E-state index contributed by atoms with van der Waals surface area (Å²) < 4.78 is 0. The van der Waals surface area contributed by atoms with E-state index in [-0.39, 0.29) is 0 Å². The van der Waals surface area contributed by atoms with Crippen LogP contribution in [0.3, 0.4) is 0 Å². The van der Waals surface area contributed by atoms with Gasteiger partial charge in [0, 0.05) is 10.9 Å². The molecule has 1 rings (SSSR count). The Labute approximate surface area is 107 Å². The van der Waals surface area contributed by atoms with Gasteiger partial charge < -0.3 is 4.90 Å². The van der Waals surface area contributed by atoms with E-state index in [4.69, 9.17) is 0 Å². The van der Waals surface area contributed by atoms with E-state index in [1.807, 2.05) is 0 Å². The molecule has 0 spiro atoms. The second kappa shape index (κ2) is 7.97. The largest absolute Gasteiger partial charge is 0.302 e. The summed E-state index contributed by atoms with van der Waals surface area (Å²) in [5.41, 5.74) is 0. The SMILES string of the molecule is CCSCCCN(C)C1CCCCC1Br. The van der Waals surface area contributed by atoms with Gasteiger partial charge in [-0.3, -0.25) is 0 Å². The Hall–Kier alpha value is 0.790. The highest BCUT2D eigenvalue weighted by Gasteiger charge is 2.25. The lowest BCUT2D eigenvalue weighted by atomic mass is 9.94. The molecule has 3 heteroatoms. The smallest absolute Gasteiger partial charge is 0.0301 e. The van der Waals surface area contributed by atoms with Gasteiger partial charge in [0.15, 0.2) is 0 Å². The van der Waals surface area contributed by atoms with Crippen molar-refractivity contribution in [3.05, 3.63) is 0 Å². The molecule has 0 aromatic rings. The van der Waals surface area contributed by atoms with Crippen LogP contribution in [0, 0.1) is 0 Å². The van der Waals surface area contributed by atoms with Gasteiger partial charge in [0.05, 0.1) is 0 Å². The van der Waals surface area contributed by atoms with Gasteiger partial charge in [0.2, 0.25) is 0 Å². The molecule has 0 aromatic carbocycles. The predicted molar refractivity (Wildman–Crippen MR) is 75.2 cm³/mol. The van der Waals surface area contributed by atoms with Crippen molar-refractivity contribution in [1.29, 1.82) is 0 Å². The zero-order chi connectivity index (χ0) is 11.1. The van der Waals surface area contributed by atoms with Crippen LogP contribution in [0.5, 0.6) is 0 Å². The molecule has 0 N–H and O–H groups in total. The molecular formula is C12H24BrNS. The molecule has 0 bridgehead atoms. The average Bonchev–Trinajstić information content (AvgIpc) is 2.25. The third-order valence-electron chi connectivity index (χ3n) is 3.22. The van der Waals surface area contributed by atoms with Crippen molar-refractivity contribution in [2.24, 2.45) is 0 Å². The molecule has 15 heavy (non-hydrogen) atoms. The van der Waals surface area contributed by atoms with Crippen molar-refractivity contribution in [2.75, 3.05) is 25.1 Å². The van der Waals surface area contributed by atoms with Gasteiger partial charge in [0.1, 0.15) is 0 Å². The predicted octanol–water partition coefficient (Wildman–Crippen LogP) is 3.77. The van der Waals surface area contributed by atoms with E-state index >= 15 is 0 Å². The molecule has 1 saturated carbocycles. The van der Waals surface area contributed by atoms with E-state index in [2.05, 4.69) is 46.6 Å². The normalized spacial score (nSPS) is 27.2. The molecule has 1 aliphatic rings. The van der Waals surface area contributed by atoms with E-state index in [9.17, 15) is 0 Å². The maximum atomic E-state index is 3.83. The van der Waals surface area contributed by atoms with Gasteiger partial charge in [-0.2, -0.15) is 11.8 Å². The lowest BCUT2D eigenvalue weighted by Crippen LogP contribution is -2.41. The van der Waals surface area contributed by atoms with E-state index < -0.39 is 0 Å². The fourth-order valence-electron chi connectivity index (χ4n) is 2.29. The van der Waals surface area contributed by atoms with Crippen LogP contribution in [0.25, 0.3) is 0 Å². The third-order valence-corrected chi connectivity index (χ3v) is 5.27. The second-order valence-electron chi connectivity index (χ2n) is 4.40. The molecule has 1 fully saturated rings. The van der Waals surface area contributed by atoms with E-state index in [0.717, 1.165) is 10.9 Å². The summed E-state index contributed by atoms with van der Waals surface area (Å²) in [6.07, 6.45) is 6.91. The van der Waals surface area contributed by atoms with Crippen molar-refractivity contribution in [3.8, 4) is 0 Å². The Kier molecular flexibility index (Phi) is 7.36. The lowest BCUT2D eigenvalue weighted by molar-refractivity contribution is 0.201. The average molecular weight is 294 g/mol. The van der Waals surface area contributed by atoms with Crippen LogP contribution in [0.4, 0.5) is 0 Å². The molecule has 0 saturated heterocycles. The molecule has 0 heterocycles. The Bertz CT molecular complexity index is 166. The molecular weight excluding hydrogens is 270 g/mol. The zero-order valence-corrected chi connectivity index (χ0v) is 12.4. The van der Waals surface area contributed by atoms with Crippen LogP contribution in [-0.4, -0.2) is 40.9 Å². The maximum absolute atomic E-state index is 3.83. The lowest BCUT2D eigenvalue weighted by Gasteiger charge is -2.35. The summed E-state index contributed by atoms with van der Waals surface area (Å²) >= 11 is 5.89. The first-order valence-electron chi connectivity index (χ1n) is 6.17. The van der Waals surface area contributed by atoms with E-state index in [1.54, 1.807) is 0 Å². The summed E-state index contributed by atoms with van der Waals surface area (Å²) in [6, 6.07) is 0.783. The van der Waals surface area contributed by atoms with Crippen LogP contribution in [0.2, 0.25) is 0 Å². The number of nitrogens with zero attached hydrogens (tertiary/aromatic N) is 1. The highest BCUT2D eigenvalue weighted by molar-refractivity contribution is 9.09. The monoisotopic (exact) mass is 293 g/mol. The first kappa shape index (κ1) is 13.9. The molecule has 90 valence electrons. The fraction of sp³-hybridized carbons (Fsp3) is 1.00. The number of hydrogen-bond acceptors (Lipinski definition) is 2. The quantitative estimate of drug-likeness (QED) is 0.542. The van der Waals surface area contributed by atoms with Crippen molar-refractivity contribution in [2.45, 2.75) is 49.9 Å². The number of hydrogen-bond donors (Lipinski definition) is 0. The first-order chi connectivity index (χ1) is 7.25. The van der Waals surface area contributed by atoms with Crippen LogP contribution in [0.15, 0.2) is 0 Å². The van der Waals surface area contributed by atoms with Crippen LogP contribution < -0.4 is 0 Å². The number of rotatable bonds is 6. The molecule has 0 aliphatic heterocycles. The standard InChI is InChI=1S/C12H24BrNS/c1-3-15-10-6-9-14(2)12-8-5-4-7-11(12)13/h11-12H,3-10H2,1-2H3. The minimum Gasteiger partial charge on any atom is -0.302 e. The van der Waals surface area contributed by atoms with Gasteiger partial charge in [-0.15, -0.1) is 0 Å². The van der Waals surface area contributed by atoms with Crippen molar-refractivity contribution >= 4 is 27.7 Å². The van der Waals surface area contributed by atoms with Gasteiger partial charge in [-0.25, -0.2) is 0 Å². The highest BCUT2D eigenvalue weighted by atomic mass is 79.9. The number of halogens is 1. The van der Waals surface area contributed by atoms with Gasteiger partial charge in [0.25, 0.3) is 0 Å². The third kappa shape index (κ3) is 5.10. The highest BCUT2D eigenvalue weighted by Crippen LogP contribution is 2.27. The molecule has 0 radical (unpaired) electrons. The Morgan fingerprint density at radius 2 is 2.07 bits per heavy atom. The van der Waals surface area contributed by atoms with Gasteiger partial charge in [-0.1, -0.05) is 35.7 Å². The van der Waals surface area contributed by atoms with E-state index in [0.29, 0.717) is 0 Å². The van der Waals surface area contributed by atoms with Crippen LogP contribution in [0.1, 0.15) is 39.0 Å². The summed E-state index contributed by atoms with van der Waals surface area (Å²) in [6.45, 7) is 3.50. The summed E-state index contributed by atoms with van der Waals surface area (Å²) in [4.78, 5) is 3.30. The summed E-state index contributed by atoms with van der Waals surface area (Å²) in [7, 11) is 2.29. The summed E-state index contributed by atoms with van der Waals surface area (Å²) in [5.74, 6) is 2.58. The second-order valence-corrected chi connectivity index (χ2v) is 6.97. The Morgan fingerprint density at radius 3 is 2.73 bits per heavy atom. The number of alkyl halides is 1. The topological polar surface area (TPSA) is 3.24 Å². The van der Waals surface area contributed by atoms with Crippen LogP contribution >= 0.6 is 27.7 Å². The molecule has 2 unspecified atom stereocenters. The minimum atomic E-state index is 0.732. The zero-order valence-electron chi connectivity index (χ0n) is 10.0. The Balaban J connectivity index is 2.16. The fourth-order valence-corrected chi connectivity index (χ4v) is 3.90. The van der Waals surface area contributed by atoms with Crippen LogP contribution in [-0.2, 0) is 0 Å². The maximum Gasteiger partial charge on any atom is 0.0301 e. The number of thioether (sulfide) groups is 1. The Morgan fingerprint density at radius 1 is 1.33 bits per heavy atom. The molecule has 1 nitrogen and oxygen atoms in total. The van der Waals surface area contributed by atoms with Gasteiger partial charge >= 0.3 is 0 Å². The van der Waals surface area contributed by atoms with Crippen molar-refractivity contribution in [1.82, 2.24) is 4.90 Å².